The lowest BCUT2D eigenvalue weighted by molar-refractivity contribution is 0.0896. The standard InChI is InChI=1S/C46H84N2O2/c1-4-6-8-10-12-14-16-18-20-22-24-26-28-30-32-37-42-48(46(49)50-44-40-45-39-35-34-36-41-47(45)3)43-38-33-31-29-27-25-23-21-19-17-15-13-11-9-7-5-2/h12-15,18-21,45H,4-11,16-17,22-44H2,1-3H3/b14-12-,15-13-,20-18-,21-19-. The molecular weight excluding hydrogens is 613 g/mol. The van der Waals surface area contributed by atoms with Crippen molar-refractivity contribution < 1.29 is 9.53 Å². The molecule has 4 heteroatoms. The van der Waals surface area contributed by atoms with Crippen LogP contribution in [0.3, 0.4) is 0 Å². The third-order valence-electron chi connectivity index (χ3n) is 10.4. The van der Waals surface area contributed by atoms with E-state index in [1.54, 1.807) is 0 Å². The Morgan fingerprint density at radius 1 is 0.580 bits per heavy atom. The van der Waals surface area contributed by atoms with Crippen molar-refractivity contribution in [3.8, 4) is 0 Å². The molecule has 0 aromatic carbocycles. The van der Waals surface area contributed by atoms with Gasteiger partial charge in [-0.2, -0.15) is 0 Å². The topological polar surface area (TPSA) is 32.8 Å². The van der Waals surface area contributed by atoms with Crippen molar-refractivity contribution in [2.75, 3.05) is 33.3 Å². The fraction of sp³-hybridized carbons (Fsp3) is 0.804. The number of ether oxygens (including phenoxy) is 1. The molecule has 0 N–H and O–H groups in total. The Kier molecular flexibility index (Phi) is 34.2. The van der Waals surface area contributed by atoms with Gasteiger partial charge in [-0.3, -0.25) is 0 Å². The van der Waals surface area contributed by atoms with E-state index in [9.17, 15) is 4.79 Å². The van der Waals surface area contributed by atoms with Crippen LogP contribution in [0.25, 0.3) is 0 Å². The van der Waals surface area contributed by atoms with Crippen LogP contribution in [-0.2, 0) is 4.74 Å². The monoisotopic (exact) mass is 697 g/mol. The molecule has 1 unspecified atom stereocenters. The molecule has 0 radical (unpaired) electrons. The second-order valence-corrected chi connectivity index (χ2v) is 15.0. The summed E-state index contributed by atoms with van der Waals surface area (Å²) in [5, 5.41) is 0. The molecule has 1 amide bonds. The van der Waals surface area contributed by atoms with Crippen molar-refractivity contribution in [2.24, 2.45) is 0 Å². The van der Waals surface area contributed by atoms with Gasteiger partial charge >= 0.3 is 6.09 Å². The predicted molar refractivity (Wildman–Crippen MR) is 221 cm³/mol. The van der Waals surface area contributed by atoms with Gasteiger partial charge in [-0.15, -0.1) is 0 Å². The lowest BCUT2D eigenvalue weighted by atomic mass is 10.1. The minimum atomic E-state index is -0.0774. The van der Waals surface area contributed by atoms with Gasteiger partial charge in [0.2, 0.25) is 0 Å². The van der Waals surface area contributed by atoms with Gasteiger partial charge in [-0.1, -0.05) is 152 Å². The van der Waals surface area contributed by atoms with Crippen LogP contribution in [0.5, 0.6) is 0 Å². The fourth-order valence-corrected chi connectivity index (χ4v) is 6.94. The highest BCUT2D eigenvalue weighted by atomic mass is 16.6. The molecule has 0 bridgehead atoms. The third kappa shape index (κ3) is 29.9. The molecule has 290 valence electrons. The van der Waals surface area contributed by atoms with Gasteiger partial charge in [0, 0.05) is 19.1 Å². The first-order valence-corrected chi connectivity index (χ1v) is 21.9. The van der Waals surface area contributed by atoms with E-state index in [1.807, 2.05) is 4.90 Å². The van der Waals surface area contributed by atoms with Crippen LogP contribution in [-0.4, -0.2) is 55.2 Å². The Bertz CT molecular complexity index is 799. The number of likely N-dealkylation sites (tertiary alicyclic amines) is 1. The number of carbonyl (C=O) groups is 1. The van der Waals surface area contributed by atoms with E-state index in [4.69, 9.17) is 4.74 Å². The van der Waals surface area contributed by atoms with E-state index >= 15 is 0 Å². The van der Waals surface area contributed by atoms with Crippen LogP contribution in [0.4, 0.5) is 4.79 Å². The van der Waals surface area contributed by atoms with Gasteiger partial charge in [0.25, 0.3) is 0 Å². The van der Waals surface area contributed by atoms with Crippen molar-refractivity contribution in [1.29, 1.82) is 0 Å². The Labute approximate surface area is 312 Å². The minimum absolute atomic E-state index is 0.0774. The number of allylic oxidation sites excluding steroid dienone is 8. The summed E-state index contributed by atoms with van der Waals surface area (Å²) in [6, 6.07) is 0.555. The normalized spacial score (nSPS) is 16.0. The van der Waals surface area contributed by atoms with Gasteiger partial charge < -0.3 is 14.5 Å². The molecule has 4 nitrogen and oxygen atoms in total. The number of hydrogen-bond donors (Lipinski definition) is 0. The van der Waals surface area contributed by atoms with Crippen LogP contribution in [0, 0.1) is 0 Å². The van der Waals surface area contributed by atoms with Crippen molar-refractivity contribution in [3.05, 3.63) is 48.6 Å². The molecule has 0 aromatic rings. The number of nitrogens with zero attached hydrogens (tertiary/aromatic N) is 2. The van der Waals surface area contributed by atoms with E-state index in [1.165, 1.54) is 161 Å². The Morgan fingerprint density at radius 2 is 1.02 bits per heavy atom. The van der Waals surface area contributed by atoms with E-state index < -0.39 is 0 Å². The molecule has 50 heavy (non-hydrogen) atoms. The molecule has 0 aliphatic carbocycles. The number of hydrogen-bond acceptors (Lipinski definition) is 3. The number of unbranched alkanes of at least 4 members (excludes halogenated alkanes) is 18. The minimum Gasteiger partial charge on any atom is -0.449 e. The number of amides is 1. The van der Waals surface area contributed by atoms with Crippen LogP contribution in [0.1, 0.15) is 200 Å². The van der Waals surface area contributed by atoms with Crippen LogP contribution in [0.2, 0.25) is 0 Å². The van der Waals surface area contributed by atoms with Gasteiger partial charge in [-0.25, -0.2) is 4.79 Å². The molecular formula is C46H84N2O2. The van der Waals surface area contributed by atoms with E-state index in [0.717, 1.165) is 45.2 Å². The molecule has 1 atom stereocenters. The van der Waals surface area contributed by atoms with Crippen molar-refractivity contribution in [3.63, 3.8) is 0 Å². The van der Waals surface area contributed by atoms with E-state index in [0.29, 0.717) is 12.6 Å². The first kappa shape index (κ1) is 46.2. The van der Waals surface area contributed by atoms with Crippen LogP contribution in [0.15, 0.2) is 48.6 Å². The largest absolute Gasteiger partial charge is 0.449 e. The molecule has 0 saturated carbocycles. The summed E-state index contributed by atoms with van der Waals surface area (Å²) in [6.07, 6.45) is 54.7. The Balaban J connectivity index is 2.24. The molecule has 1 fully saturated rings. The maximum atomic E-state index is 13.2. The summed E-state index contributed by atoms with van der Waals surface area (Å²) in [5.41, 5.74) is 0. The molecule has 1 aliphatic rings. The first-order valence-electron chi connectivity index (χ1n) is 21.9. The number of carbonyl (C=O) groups excluding carboxylic acids is 1. The second kappa shape index (κ2) is 37.0. The summed E-state index contributed by atoms with van der Waals surface area (Å²) in [7, 11) is 2.24. The van der Waals surface area contributed by atoms with E-state index in [2.05, 4.69) is 74.4 Å². The Hall–Kier alpha value is -1.81. The quantitative estimate of drug-likeness (QED) is 0.0506. The molecule has 0 spiro atoms. The maximum Gasteiger partial charge on any atom is 0.409 e. The van der Waals surface area contributed by atoms with E-state index in [-0.39, 0.29) is 6.09 Å². The van der Waals surface area contributed by atoms with Crippen LogP contribution < -0.4 is 0 Å². The highest BCUT2D eigenvalue weighted by Crippen LogP contribution is 2.18. The molecule has 1 rings (SSSR count). The summed E-state index contributed by atoms with van der Waals surface area (Å²) >= 11 is 0. The summed E-state index contributed by atoms with van der Waals surface area (Å²) in [4.78, 5) is 17.7. The molecule has 1 saturated heterocycles. The summed E-state index contributed by atoms with van der Waals surface area (Å²) < 4.78 is 5.89. The molecule has 0 aromatic heterocycles. The highest BCUT2D eigenvalue weighted by Gasteiger charge is 2.19. The highest BCUT2D eigenvalue weighted by molar-refractivity contribution is 5.67. The van der Waals surface area contributed by atoms with Gasteiger partial charge in [0.15, 0.2) is 0 Å². The van der Waals surface area contributed by atoms with Gasteiger partial charge in [-0.05, 0) is 110 Å². The molecule has 1 heterocycles. The lowest BCUT2D eigenvalue weighted by Gasteiger charge is -2.26. The maximum absolute atomic E-state index is 13.2. The van der Waals surface area contributed by atoms with Crippen LogP contribution >= 0.6 is 0 Å². The first-order chi connectivity index (χ1) is 24.7. The third-order valence-corrected chi connectivity index (χ3v) is 10.4. The average Bonchev–Trinajstić information content (AvgIpc) is 3.33. The summed E-state index contributed by atoms with van der Waals surface area (Å²) in [5.74, 6) is 0. The van der Waals surface area contributed by atoms with Gasteiger partial charge in [0.1, 0.15) is 0 Å². The zero-order chi connectivity index (χ0) is 36.0. The SMILES string of the molecule is CCCCC/C=C\C/C=C\CCCCCCCCN(CCCCCCCC/C=C\C/C=C\CCCCC)C(=O)OCCC1CCCCCN1C. The van der Waals surface area contributed by atoms with Gasteiger partial charge in [0.05, 0.1) is 6.61 Å². The fourth-order valence-electron chi connectivity index (χ4n) is 6.94. The molecule has 1 aliphatic heterocycles. The predicted octanol–water partition coefficient (Wildman–Crippen LogP) is 14.3. The summed E-state index contributed by atoms with van der Waals surface area (Å²) in [6.45, 7) is 7.94. The van der Waals surface area contributed by atoms with Crippen molar-refractivity contribution in [1.82, 2.24) is 9.80 Å². The van der Waals surface area contributed by atoms with Crippen molar-refractivity contribution in [2.45, 2.75) is 206 Å². The zero-order valence-corrected chi connectivity index (χ0v) is 33.7. The average molecular weight is 697 g/mol. The smallest absolute Gasteiger partial charge is 0.409 e. The Morgan fingerprint density at radius 3 is 1.50 bits per heavy atom. The zero-order valence-electron chi connectivity index (χ0n) is 33.7. The van der Waals surface area contributed by atoms with Crippen molar-refractivity contribution >= 4 is 6.09 Å². The lowest BCUT2D eigenvalue weighted by Crippen LogP contribution is -2.36. The number of rotatable bonds is 33. The second-order valence-electron chi connectivity index (χ2n) is 15.0.